The molecule has 2 heterocycles. The van der Waals surface area contributed by atoms with Crippen molar-refractivity contribution in [3.8, 4) is 0 Å². The zero-order chi connectivity index (χ0) is 17.2. The van der Waals surface area contributed by atoms with Gasteiger partial charge in [0.2, 0.25) is 0 Å². The van der Waals surface area contributed by atoms with Crippen molar-refractivity contribution in [1.82, 2.24) is 8.96 Å². The van der Waals surface area contributed by atoms with Gasteiger partial charge >= 0.3 is 0 Å². The lowest BCUT2D eigenvalue weighted by molar-refractivity contribution is 0.589. The lowest BCUT2D eigenvalue weighted by Gasteiger charge is -2.07. The van der Waals surface area contributed by atoms with Crippen molar-refractivity contribution < 1.29 is 8.42 Å². The van der Waals surface area contributed by atoms with E-state index in [4.69, 9.17) is 0 Å². The second-order valence-corrected chi connectivity index (χ2v) is 7.58. The summed E-state index contributed by atoms with van der Waals surface area (Å²) in [7, 11) is -3.61. The molecule has 3 rings (SSSR count). The van der Waals surface area contributed by atoms with Crippen LogP contribution in [-0.2, 0) is 10.0 Å². The van der Waals surface area contributed by atoms with Crippen LogP contribution in [0.25, 0.3) is 10.9 Å². The number of halogens is 1. The first-order chi connectivity index (χ1) is 10.9. The molecule has 23 heavy (non-hydrogen) atoms. The van der Waals surface area contributed by atoms with Crippen LogP contribution in [0.1, 0.15) is 25.0 Å². The highest BCUT2D eigenvalue weighted by Crippen LogP contribution is 2.26. The summed E-state index contributed by atoms with van der Waals surface area (Å²) >= 11 is 3.31. The molecule has 0 bridgehead atoms. The van der Waals surface area contributed by atoms with Gasteiger partial charge in [0.15, 0.2) is 0 Å². The Labute approximate surface area is 145 Å². The Hall–Kier alpha value is -1.66. The first kappa shape index (κ1) is 17.7. The number of pyridine rings is 1. The summed E-state index contributed by atoms with van der Waals surface area (Å²) in [5.74, 6) is 0. The van der Waals surface area contributed by atoms with Gasteiger partial charge in [-0.2, -0.15) is 0 Å². The second-order valence-electron chi connectivity index (χ2n) is 4.95. The molecule has 4 nitrogen and oxygen atoms in total. The first-order valence-electron chi connectivity index (χ1n) is 7.35. The topological polar surface area (TPSA) is 52.0 Å². The van der Waals surface area contributed by atoms with Gasteiger partial charge in [0, 0.05) is 11.6 Å². The van der Waals surface area contributed by atoms with Crippen LogP contribution in [0.2, 0.25) is 0 Å². The quantitative estimate of drug-likeness (QED) is 0.592. The van der Waals surface area contributed by atoms with E-state index in [1.54, 1.807) is 36.7 Å². The Kier molecular flexibility index (Phi) is 5.26. The first-order valence-corrected chi connectivity index (χ1v) is 9.58. The van der Waals surface area contributed by atoms with E-state index in [0.29, 0.717) is 10.1 Å². The van der Waals surface area contributed by atoms with Crippen molar-refractivity contribution in [2.45, 2.75) is 32.6 Å². The Morgan fingerprint density at radius 2 is 1.70 bits per heavy atom. The van der Waals surface area contributed by atoms with Gasteiger partial charge in [0.1, 0.15) is 4.60 Å². The predicted molar refractivity (Wildman–Crippen MR) is 97.3 cm³/mol. The maximum absolute atomic E-state index is 12.8. The monoisotopic (exact) mass is 394 g/mol. The van der Waals surface area contributed by atoms with Gasteiger partial charge in [0.05, 0.1) is 16.6 Å². The van der Waals surface area contributed by atoms with Crippen LogP contribution < -0.4 is 0 Å². The number of aromatic nitrogens is 2. The molecule has 1 aromatic carbocycles. The standard InChI is InChI=1S/C15H13BrN2O2S.C2H6/c1-10-3-5-12(6-4-10)21(19,20)18-9-11(2)13-7-15(16)17-8-14(13)18;1-2/h3-9H,1-2H3;1-2H3. The number of nitrogens with zero attached hydrogens (tertiary/aromatic N) is 2. The smallest absolute Gasteiger partial charge is 0.247 e. The summed E-state index contributed by atoms with van der Waals surface area (Å²) in [6.45, 7) is 7.81. The van der Waals surface area contributed by atoms with Crippen LogP contribution in [0, 0.1) is 13.8 Å². The molecule has 0 unspecified atom stereocenters. The summed E-state index contributed by atoms with van der Waals surface area (Å²) in [6.07, 6.45) is 3.20. The second kappa shape index (κ2) is 6.84. The molecule has 0 saturated carbocycles. The van der Waals surface area contributed by atoms with E-state index in [2.05, 4.69) is 20.9 Å². The van der Waals surface area contributed by atoms with Crippen molar-refractivity contribution in [3.05, 3.63) is 58.5 Å². The van der Waals surface area contributed by atoms with Gasteiger partial charge in [-0.25, -0.2) is 17.4 Å². The van der Waals surface area contributed by atoms with Gasteiger partial charge in [-0.3, -0.25) is 0 Å². The van der Waals surface area contributed by atoms with Crippen molar-refractivity contribution in [2.24, 2.45) is 0 Å². The van der Waals surface area contributed by atoms with Crippen molar-refractivity contribution in [3.63, 3.8) is 0 Å². The van der Waals surface area contributed by atoms with E-state index in [1.165, 1.54) is 3.97 Å². The third kappa shape index (κ3) is 3.33. The number of hydrogen-bond acceptors (Lipinski definition) is 3. The number of aryl methyl sites for hydroxylation is 2. The van der Waals surface area contributed by atoms with Gasteiger partial charge in [-0.1, -0.05) is 31.5 Å². The molecule has 0 aliphatic carbocycles. The molecule has 122 valence electrons. The summed E-state index contributed by atoms with van der Waals surface area (Å²) in [4.78, 5) is 4.41. The number of benzene rings is 1. The third-order valence-electron chi connectivity index (χ3n) is 3.40. The zero-order valence-corrected chi connectivity index (χ0v) is 15.9. The Morgan fingerprint density at radius 3 is 2.30 bits per heavy atom. The fourth-order valence-electron chi connectivity index (χ4n) is 2.25. The van der Waals surface area contributed by atoms with Gasteiger partial charge < -0.3 is 0 Å². The largest absolute Gasteiger partial charge is 0.268 e. The van der Waals surface area contributed by atoms with Crippen LogP contribution >= 0.6 is 15.9 Å². The molecule has 0 N–H and O–H groups in total. The molecule has 0 saturated heterocycles. The molecular formula is C17H19BrN2O2S. The maximum atomic E-state index is 12.8. The van der Waals surface area contributed by atoms with Crippen LogP contribution in [0.3, 0.4) is 0 Å². The summed E-state index contributed by atoms with van der Waals surface area (Å²) in [5.41, 5.74) is 2.49. The minimum absolute atomic E-state index is 0.271. The fraction of sp³-hybridized carbons (Fsp3) is 0.235. The van der Waals surface area contributed by atoms with E-state index in [9.17, 15) is 8.42 Å². The minimum Gasteiger partial charge on any atom is -0.247 e. The summed E-state index contributed by atoms with van der Waals surface area (Å²) in [6, 6.07) is 8.66. The van der Waals surface area contributed by atoms with E-state index in [1.807, 2.05) is 33.8 Å². The minimum atomic E-state index is -3.61. The Bertz CT molecular complexity index is 929. The highest BCUT2D eigenvalue weighted by Gasteiger charge is 2.20. The van der Waals surface area contributed by atoms with Crippen LogP contribution in [0.5, 0.6) is 0 Å². The molecule has 0 amide bonds. The molecule has 0 atom stereocenters. The lowest BCUT2D eigenvalue weighted by Crippen LogP contribution is -2.11. The Morgan fingerprint density at radius 1 is 1.09 bits per heavy atom. The van der Waals surface area contributed by atoms with Crippen LogP contribution in [0.4, 0.5) is 0 Å². The SMILES string of the molecule is CC.Cc1ccc(S(=O)(=O)n2cc(C)c3cc(Br)ncc32)cc1. The summed E-state index contributed by atoms with van der Waals surface area (Å²) in [5, 5.41) is 0.868. The molecule has 3 aromatic rings. The maximum Gasteiger partial charge on any atom is 0.268 e. The van der Waals surface area contributed by atoms with Crippen molar-refractivity contribution in [1.29, 1.82) is 0 Å². The average molecular weight is 395 g/mol. The molecule has 2 aromatic heterocycles. The van der Waals surface area contributed by atoms with Gasteiger partial charge in [-0.05, 0) is 53.5 Å². The van der Waals surface area contributed by atoms with Crippen molar-refractivity contribution >= 4 is 36.9 Å². The number of hydrogen-bond donors (Lipinski definition) is 0. The van der Waals surface area contributed by atoms with E-state index in [-0.39, 0.29) is 4.90 Å². The van der Waals surface area contributed by atoms with Crippen molar-refractivity contribution in [2.75, 3.05) is 0 Å². The Balaban J connectivity index is 0.000000924. The summed E-state index contributed by atoms with van der Waals surface area (Å²) < 4.78 is 27.5. The number of rotatable bonds is 2. The zero-order valence-electron chi connectivity index (χ0n) is 13.5. The normalized spacial score (nSPS) is 11.2. The van der Waals surface area contributed by atoms with Gasteiger partial charge in [-0.15, -0.1) is 0 Å². The molecule has 0 fully saturated rings. The third-order valence-corrected chi connectivity index (χ3v) is 5.52. The molecule has 0 aliphatic rings. The van der Waals surface area contributed by atoms with Crippen LogP contribution in [0.15, 0.2) is 52.2 Å². The highest BCUT2D eigenvalue weighted by atomic mass is 79.9. The highest BCUT2D eigenvalue weighted by molar-refractivity contribution is 9.10. The van der Waals surface area contributed by atoms with E-state index < -0.39 is 10.0 Å². The fourth-order valence-corrected chi connectivity index (χ4v) is 3.99. The molecule has 0 radical (unpaired) electrons. The molecule has 0 aliphatic heterocycles. The molecular weight excluding hydrogens is 376 g/mol. The van der Waals surface area contributed by atoms with E-state index in [0.717, 1.165) is 16.5 Å². The lowest BCUT2D eigenvalue weighted by atomic mass is 10.2. The van der Waals surface area contributed by atoms with Gasteiger partial charge in [0.25, 0.3) is 10.0 Å². The predicted octanol–water partition coefficient (Wildman–Crippen LogP) is 4.68. The molecule has 0 spiro atoms. The van der Waals surface area contributed by atoms with E-state index >= 15 is 0 Å². The number of fused-ring (bicyclic) bond motifs is 1. The van der Waals surface area contributed by atoms with Crippen LogP contribution in [-0.4, -0.2) is 17.4 Å². The average Bonchev–Trinajstić information content (AvgIpc) is 2.87. The molecule has 6 heteroatoms.